The number of benzene rings is 2. The maximum Gasteiger partial charge on any atom is 0.264 e. The van der Waals surface area contributed by atoms with Crippen molar-refractivity contribution in [3.05, 3.63) is 63.5 Å². The molecule has 4 rings (SSSR count). The molecule has 0 aliphatic carbocycles. The van der Waals surface area contributed by atoms with Crippen LogP contribution in [0.1, 0.15) is 51.2 Å². The number of carbonyl (C=O) groups is 1. The molecule has 1 N–H and O–H groups in total. The molecule has 0 aromatic heterocycles. The highest BCUT2D eigenvalue weighted by atomic mass is 35.5. The summed E-state index contributed by atoms with van der Waals surface area (Å²) in [5.74, 6) is 0.351. The van der Waals surface area contributed by atoms with Gasteiger partial charge in [-0.25, -0.2) is 4.99 Å². The molecule has 6 heteroatoms. The van der Waals surface area contributed by atoms with E-state index < -0.39 is 0 Å². The van der Waals surface area contributed by atoms with Crippen LogP contribution in [0.5, 0.6) is 0 Å². The number of nitrogens with zero attached hydrogens (tertiary/aromatic N) is 2. The molecule has 4 nitrogen and oxygen atoms in total. The molecule has 2 aliphatic rings. The van der Waals surface area contributed by atoms with Crippen LogP contribution in [0.25, 0.3) is 6.08 Å². The zero-order chi connectivity index (χ0) is 21.5. The van der Waals surface area contributed by atoms with Crippen molar-refractivity contribution < 1.29 is 4.79 Å². The fourth-order valence-corrected chi connectivity index (χ4v) is 5.52. The molecule has 2 aliphatic heterocycles. The van der Waals surface area contributed by atoms with E-state index in [0.717, 1.165) is 24.2 Å². The van der Waals surface area contributed by atoms with Crippen LogP contribution in [0.4, 0.5) is 11.4 Å². The second kappa shape index (κ2) is 8.12. The number of aliphatic imine (C=N–C) groups is 1. The molecule has 0 saturated carbocycles. The van der Waals surface area contributed by atoms with E-state index in [-0.39, 0.29) is 11.4 Å². The van der Waals surface area contributed by atoms with Crippen molar-refractivity contribution in [2.45, 2.75) is 45.6 Å². The number of amidine groups is 1. The van der Waals surface area contributed by atoms with Crippen LogP contribution < -0.4 is 10.2 Å². The molecule has 30 heavy (non-hydrogen) atoms. The molecule has 0 bridgehead atoms. The lowest BCUT2D eigenvalue weighted by molar-refractivity contribution is -0.115. The zero-order valence-electron chi connectivity index (χ0n) is 17.7. The summed E-state index contributed by atoms with van der Waals surface area (Å²) in [6.07, 6.45) is 3.06. The minimum atomic E-state index is -0.122. The average Bonchev–Trinajstić information content (AvgIpc) is 3.00. The minimum Gasteiger partial charge on any atom is -0.366 e. The van der Waals surface area contributed by atoms with Crippen LogP contribution in [-0.2, 0) is 4.79 Å². The van der Waals surface area contributed by atoms with E-state index in [4.69, 9.17) is 11.6 Å². The number of hydrogen-bond donors (Lipinski definition) is 1. The second-order valence-electron chi connectivity index (χ2n) is 8.44. The lowest BCUT2D eigenvalue weighted by Crippen LogP contribution is -2.48. The monoisotopic (exact) mass is 439 g/mol. The summed E-state index contributed by atoms with van der Waals surface area (Å²) in [5, 5.41) is 4.03. The first-order chi connectivity index (χ1) is 14.3. The molecule has 156 valence electrons. The normalized spacial score (nSPS) is 23.0. The Kier molecular flexibility index (Phi) is 5.69. The third-order valence-electron chi connectivity index (χ3n) is 5.71. The Morgan fingerprint density at radius 1 is 1.30 bits per heavy atom. The summed E-state index contributed by atoms with van der Waals surface area (Å²) in [4.78, 5) is 20.1. The van der Waals surface area contributed by atoms with Crippen LogP contribution >= 0.6 is 23.4 Å². The molecule has 1 amide bonds. The summed E-state index contributed by atoms with van der Waals surface area (Å²) in [7, 11) is 0. The summed E-state index contributed by atoms with van der Waals surface area (Å²) in [6, 6.07) is 13.8. The summed E-state index contributed by atoms with van der Waals surface area (Å²) in [5.41, 5.74) is 4.56. The third kappa shape index (κ3) is 4.14. The maximum absolute atomic E-state index is 12.5. The first-order valence-corrected chi connectivity index (χ1v) is 11.4. The molecule has 2 aromatic rings. The first kappa shape index (κ1) is 21.0. The molecule has 1 unspecified atom stereocenters. The Morgan fingerprint density at radius 3 is 2.83 bits per heavy atom. The van der Waals surface area contributed by atoms with Gasteiger partial charge in [-0.2, -0.15) is 0 Å². The van der Waals surface area contributed by atoms with Crippen molar-refractivity contribution in [3.8, 4) is 0 Å². The highest BCUT2D eigenvalue weighted by Crippen LogP contribution is 2.43. The topological polar surface area (TPSA) is 44.7 Å². The molecular weight excluding hydrogens is 414 g/mol. The largest absolute Gasteiger partial charge is 0.366 e. The zero-order valence-corrected chi connectivity index (χ0v) is 19.3. The summed E-state index contributed by atoms with van der Waals surface area (Å²) >= 11 is 7.38. The van der Waals surface area contributed by atoms with Gasteiger partial charge >= 0.3 is 0 Å². The van der Waals surface area contributed by atoms with Gasteiger partial charge in [-0.1, -0.05) is 30.7 Å². The third-order valence-corrected chi connectivity index (χ3v) is 6.86. The molecule has 1 fully saturated rings. The van der Waals surface area contributed by atoms with Crippen molar-refractivity contribution in [2.24, 2.45) is 4.99 Å². The van der Waals surface area contributed by atoms with Crippen LogP contribution in [0.2, 0.25) is 5.02 Å². The van der Waals surface area contributed by atoms with E-state index in [0.29, 0.717) is 21.0 Å². The fourth-order valence-electron chi connectivity index (χ4n) is 4.49. The van der Waals surface area contributed by atoms with E-state index in [9.17, 15) is 4.79 Å². The van der Waals surface area contributed by atoms with Crippen molar-refractivity contribution in [2.75, 3.05) is 11.4 Å². The highest BCUT2D eigenvalue weighted by Gasteiger charge is 2.35. The van der Waals surface area contributed by atoms with Crippen molar-refractivity contribution in [3.63, 3.8) is 0 Å². The Labute approximate surface area is 187 Å². The Balaban J connectivity index is 1.61. The average molecular weight is 440 g/mol. The van der Waals surface area contributed by atoms with Gasteiger partial charge < -0.3 is 10.2 Å². The first-order valence-electron chi connectivity index (χ1n) is 10.2. The summed E-state index contributed by atoms with van der Waals surface area (Å²) < 4.78 is 0. The smallest absolute Gasteiger partial charge is 0.264 e. The van der Waals surface area contributed by atoms with E-state index in [1.165, 1.54) is 23.0 Å². The quantitative estimate of drug-likeness (QED) is 0.567. The van der Waals surface area contributed by atoms with Crippen LogP contribution in [0, 0.1) is 0 Å². The van der Waals surface area contributed by atoms with Gasteiger partial charge in [-0.15, -0.1) is 0 Å². The van der Waals surface area contributed by atoms with E-state index in [1.54, 1.807) is 12.1 Å². The maximum atomic E-state index is 12.5. The standard InChI is InChI=1S/C24H26ClN3OS/c1-5-28-20-10-9-16(11-19(20)15(2)14-24(28,3)4)12-21-22(29)27-23(30-21)26-18-8-6-7-17(25)13-18/h6-13,15H,5,14H2,1-4H3,(H,26,27,29)/b21-12-. The van der Waals surface area contributed by atoms with Gasteiger partial charge in [0.15, 0.2) is 5.17 Å². The summed E-state index contributed by atoms with van der Waals surface area (Å²) in [6.45, 7) is 10.1. The predicted octanol–water partition coefficient (Wildman–Crippen LogP) is 6.34. The molecule has 2 heterocycles. The number of nitrogens with one attached hydrogen (secondary N) is 1. The minimum absolute atomic E-state index is 0.122. The lowest BCUT2D eigenvalue weighted by Gasteiger charge is -2.47. The molecular formula is C24H26ClN3OS. The Bertz CT molecular complexity index is 1060. The van der Waals surface area contributed by atoms with Crippen molar-refractivity contribution in [1.82, 2.24) is 5.32 Å². The van der Waals surface area contributed by atoms with Crippen LogP contribution in [-0.4, -0.2) is 23.2 Å². The second-order valence-corrected chi connectivity index (χ2v) is 9.91. The van der Waals surface area contributed by atoms with Crippen molar-refractivity contribution >= 4 is 51.9 Å². The van der Waals surface area contributed by atoms with Gasteiger partial charge in [0.25, 0.3) is 5.91 Å². The van der Waals surface area contributed by atoms with Gasteiger partial charge in [-0.05, 0) is 92.4 Å². The van der Waals surface area contributed by atoms with Crippen LogP contribution in [0.15, 0.2) is 52.4 Å². The van der Waals surface area contributed by atoms with Crippen molar-refractivity contribution in [1.29, 1.82) is 0 Å². The predicted molar refractivity (Wildman–Crippen MR) is 129 cm³/mol. The lowest BCUT2D eigenvalue weighted by atomic mass is 9.79. The van der Waals surface area contributed by atoms with Crippen LogP contribution in [0.3, 0.4) is 0 Å². The molecule has 0 spiro atoms. The Hall–Kier alpha value is -2.24. The molecule has 1 saturated heterocycles. The Morgan fingerprint density at radius 2 is 2.10 bits per heavy atom. The number of carbonyl (C=O) groups excluding carboxylic acids is 1. The van der Waals surface area contributed by atoms with E-state index in [2.05, 4.69) is 61.1 Å². The number of amides is 1. The molecule has 2 aromatic carbocycles. The number of fused-ring (bicyclic) bond motifs is 1. The van der Waals surface area contributed by atoms with Gasteiger partial charge in [0.05, 0.1) is 10.6 Å². The SMILES string of the molecule is CCN1c2ccc(/C=C3\SC(=Nc4cccc(Cl)c4)NC3=O)cc2C(C)CC1(C)C. The number of thioether (sulfide) groups is 1. The van der Waals surface area contributed by atoms with Gasteiger partial charge in [0.1, 0.15) is 0 Å². The van der Waals surface area contributed by atoms with E-state index >= 15 is 0 Å². The molecule has 0 radical (unpaired) electrons. The number of hydrogen-bond acceptors (Lipinski definition) is 4. The van der Waals surface area contributed by atoms with Gasteiger partial charge in [0.2, 0.25) is 0 Å². The van der Waals surface area contributed by atoms with E-state index in [1.807, 2.05) is 18.2 Å². The van der Waals surface area contributed by atoms with Gasteiger partial charge in [-0.3, -0.25) is 4.79 Å². The number of halogens is 1. The fraction of sp³-hybridized carbons (Fsp3) is 0.333. The number of anilines is 1. The number of rotatable bonds is 3. The highest BCUT2D eigenvalue weighted by molar-refractivity contribution is 8.18. The van der Waals surface area contributed by atoms with Gasteiger partial charge in [0, 0.05) is 22.8 Å². The molecule has 1 atom stereocenters.